The molecule has 3 N–H and O–H groups in total. The molecular weight excluding hydrogens is 322 g/mol. The van der Waals surface area contributed by atoms with Gasteiger partial charge in [-0.2, -0.15) is 4.98 Å². The summed E-state index contributed by atoms with van der Waals surface area (Å²) < 4.78 is 30.8. The second-order valence-corrected chi connectivity index (χ2v) is 7.03. The molecule has 0 aliphatic heterocycles. The molecule has 0 saturated heterocycles. The van der Waals surface area contributed by atoms with Crippen LogP contribution in [-0.2, 0) is 16.4 Å². The van der Waals surface area contributed by atoms with E-state index in [0.717, 1.165) is 6.07 Å². The van der Waals surface area contributed by atoms with E-state index >= 15 is 0 Å². The molecule has 2 heterocycles. The van der Waals surface area contributed by atoms with E-state index in [1.54, 1.807) is 6.92 Å². The summed E-state index contributed by atoms with van der Waals surface area (Å²) in [7, 11) is -3.86. The Morgan fingerprint density at radius 3 is 2.81 bits per heavy atom. The van der Waals surface area contributed by atoms with Gasteiger partial charge in [-0.3, -0.25) is 10.1 Å². The van der Waals surface area contributed by atoms with E-state index in [4.69, 9.17) is 10.3 Å². The number of aryl methyl sites for hydroxylation is 1. The van der Waals surface area contributed by atoms with E-state index in [-0.39, 0.29) is 22.2 Å². The number of nitro groups is 1. The fraction of sp³-hybridized carbons (Fsp3) is 0.333. The number of nitrogens with zero attached hydrogens (tertiary/aromatic N) is 3. The Bertz CT molecular complexity index is 765. The Labute approximate surface area is 123 Å². The SMILES string of the molecule is Cc1nc(CCNS(=O)(=O)c2cc([N+](=O)[O-])c(N)s2)no1. The third-order valence-corrected chi connectivity index (χ3v) is 5.28. The van der Waals surface area contributed by atoms with Gasteiger partial charge in [0.15, 0.2) is 10.8 Å². The maximum absolute atomic E-state index is 12.0. The lowest BCUT2D eigenvalue weighted by molar-refractivity contribution is -0.383. The van der Waals surface area contributed by atoms with Gasteiger partial charge >= 0.3 is 5.69 Å². The molecule has 114 valence electrons. The molecule has 2 rings (SSSR count). The van der Waals surface area contributed by atoms with Crippen molar-refractivity contribution in [2.75, 3.05) is 12.3 Å². The Morgan fingerprint density at radius 1 is 1.57 bits per heavy atom. The highest BCUT2D eigenvalue weighted by Crippen LogP contribution is 2.34. The normalized spacial score (nSPS) is 11.7. The predicted molar refractivity (Wildman–Crippen MR) is 73.3 cm³/mol. The monoisotopic (exact) mass is 333 g/mol. The number of nitrogens with one attached hydrogen (secondary N) is 1. The average molecular weight is 333 g/mol. The molecular formula is C9H11N5O5S2. The van der Waals surface area contributed by atoms with Crippen LogP contribution in [0.1, 0.15) is 11.7 Å². The molecule has 12 heteroatoms. The highest BCUT2D eigenvalue weighted by Gasteiger charge is 2.24. The van der Waals surface area contributed by atoms with Crippen LogP contribution in [0.5, 0.6) is 0 Å². The molecule has 0 spiro atoms. The van der Waals surface area contributed by atoms with Crippen LogP contribution in [0.3, 0.4) is 0 Å². The van der Waals surface area contributed by atoms with Crippen molar-refractivity contribution in [3.8, 4) is 0 Å². The zero-order valence-electron chi connectivity index (χ0n) is 10.8. The summed E-state index contributed by atoms with van der Waals surface area (Å²) in [6.45, 7) is 1.65. The van der Waals surface area contributed by atoms with Gasteiger partial charge in [0.1, 0.15) is 4.21 Å². The molecule has 0 amide bonds. The van der Waals surface area contributed by atoms with Gasteiger partial charge in [-0.15, -0.1) is 0 Å². The summed E-state index contributed by atoms with van der Waals surface area (Å²) >= 11 is 0.636. The number of anilines is 1. The first kappa shape index (κ1) is 15.3. The van der Waals surface area contributed by atoms with Gasteiger partial charge in [0, 0.05) is 26.0 Å². The number of hydrogen-bond donors (Lipinski definition) is 2. The molecule has 0 unspecified atom stereocenters. The quantitative estimate of drug-likeness (QED) is 0.570. The number of sulfonamides is 1. The van der Waals surface area contributed by atoms with Crippen molar-refractivity contribution in [1.29, 1.82) is 0 Å². The van der Waals surface area contributed by atoms with Gasteiger partial charge < -0.3 is 10.3 Å². The molecule has 0 aliphatic carbocycles. The first-order chi connectivity index (χ1) is 9.79. The van der Waals surface area contributed by atoms with Gasteiger partial charge in [-0.1, -0.05) is 16.5 Å². The van der Waals surface area contributed by atoms with Crippen LogP contribution in [-0.4, -0.2) is 30.0 Å². The molecule has 0 radical (unpaired) electrons. The second kappa shape index (κ2) is 5.75. The lowest BCUT2D eigenvalue weighted by Crippen LogP contribution is -2.25. The van der Waals surface area contributed by atoms with Gasteiger partial charge in [-0.25, -0.2) is 13.1 Å². The Kier molecular flexibility index (Phi) is 4.20. The topological polar surface area (TPSA) is 154 Å². The molecule has 0 atom stereocenters. The van der Waals surface area contributed by atoms with Crippen LogP contribution < -0.4 is 10.5 Å². The van der Waals surface area contributed by atoms with Crippen molar-refractivity contribution in [2.24, 2.45) is 0 Å². The molecule has 21 heavy (non-hydrogen) atoms. The fourth-order valence-corrected chi connectivity index (χ4v) is 3.75. The number of nitrogen functional groups attached to an aromatic ring is 1. The van der Waals surface area contributed by atoms with Crippen molar-refractivity contribution in [3.63, 3.8) is 0 Å². The molecule has 2 aromatic heterocycles. The Balaban J connectivity index is 2.04. The maximum atomic E-state index is 12.0. The number of thiophene rings is 1. The zero-order valence-corrected chi connectivity index (χ0v) is 12.4. The molecule has 2 aromatic rings. The van der Waals surface area contributed by atoms with E-state index in [2.05, 4.69) is 14.9 Å². The van der Waals surface area contributed by atoms with Crippen molar-refractivity contribution >= 4 is 32.0 Å². The smallest absolute Gasteiger partial charge is 0.304 e. The van der Waals surface area contributed by atoms with Gasteiger partial charge in [0.2, 0.25) is 15.9 Å². The lowest BCUT2D eigenvalue weighted by Gasteiger charge is -2.01. The first-order valence-electron chi connectivity index (χ1n) is 5.62. The van der Waals surface area contributed by atoms with Crippen LogP contribution >= 0.6 is 11.3 Å². The summed E-state index contributed by atoms with van der Waals surface area (Å²) in [6, 6.07) is 0.931. The van der Waals surface area contributed by atoms with Crippen LogP contribution in [0.4, 0.5) is 10.7 Å². The molecule has 0 aliphatic rings. The maximum Gasteiger partial charge on any atom is 0.304 e. The molecule has 0 aromatic carbocycles. The number of hydrogen-bond acceptors (Lipinski definition) is 9. The van der Waals surface area contributed by atoms with Crippen molar-refractivity contribution in [2.45, 2.75) is 17.6 Å². The Morgan fingerprint density at radius 2 is 2.29 bits per heavy atom. The number of rotatable bonds is 6. The average Bonchev–Trinajstić information content (AvgIpc) is 2.96. The summed E-state index contributed by atoms with van der Waals surface area (Å²) in [4.78, 5) is 13.8. The van der Waals surface area contributed by atoms with Crippen LogP contribution in [0, 0.1) is 17.0 Å². The molecule has 0 saturated carbocycles. The van der Waals surface area contributed by atoms with Gasteiger partial charge in [-0.05, 0) is 0 Å². The molecule has 0 bridgehead atoms. The second-order valence-electron chi connectivity index (χ2n) is 3.95. The highest BCUT2D eigenvalue weighted by atomic mass is 32.2. The summed E-state index contributed by atoms with van der Waals surface area (Å²) in [6.07, 6.45) is 0.236. The van der Waals surface area contributed by atoms with Crippen LogP contribution in [0.2, 0.25) is 0 Å². The van der Waals surface area contributed by atoms with Crippen LogP contribution in [0.25, 0.3) is 0 Å². The summed E-state index contributed by atoms with van der Waals surface area (Å²) in [5.74, 6) is 0.751. The van der Waals surface area contributed by atoms with E-state index in [0.29, 0.717) is 23.1 Å². The first-order valence-corrected chi connectivity index (χ1v) is 7.92. The summed E-state index contributed by atoms with van der Waals surface area (Å²) in [5.41, 5.74) is 4.99. The third-order valence-electron chi connectivity index (χ3n) is 2.39. The largest absolute Gasteiger partial charge is 0.385 e. The van der Waals surface area contributed by atoms with E-state index in [1.165, 1.54) is 0 Å². The van der Waals surface area contributed by atoms with E-state index < -0.39 is 20.6 Å². The minimum Gasteiger partial charge on any atom is -0.385 e. The fourth-order valence-electron chi connectivity index (χ4n) is 1.46. The number of aromatic nitrogens is 2. The van der Waals surface area contributed by atoms with Crippen molar-refractivity contribution in [3.05, 3.63) is 27.9 Å². The predicted octanol–water partition coefficient (Wildman–Crippen LogP) is 0.451. The van der Waals surface area contributed by atoms with E-state index in [1.807, 2.05) is 0 Å². The van der Waals surface area contributed by atoms with Gasteiger partial charge in [0.25, 0.3) is 0 Å². The zero-order chi connectivity index (χ0) is 15.6. The van der Waals surface area contributed by atoms with Crippen molar-refractivity contribution < 1.29 is 17.9 Å². The standard InChI is InChI=1S/C9H11N5O5S2/c1-5-12-7(13-19-5)2-3-11-21(17,18)8-4-6(14(15)16)9(10)20-8/h4,11H,2-3,10H2,1H3. The third kappa shape index (κ3) is 3.53. The highest BCUT2D eigenvalue weighted by molar-refractivity contribution is 7.91. The molecule has 10 nitrogen and oxygen atoms in total. The minimum atomic E-state index is -3.86. The van der Waals surface area contributed by atoms with E-state index in [9.17, 15) is 18.5 Å². The summed E-state index contributed by atoms with van der Waals surface area (Å²) in [5, 5.41) is 14.1. The van der Waals surface area contributed by atoms with Crippen LogP contribution in [0.15, 0.2) is 14.8 Å². The Hall–Kier alpha value is -2.05. The molecule has 0 fully saturated rings. The van der Waals surface area contributed by atoms with Crippen molar-refractivity contribution in [1.82, 2.24) is 14.9 Å². The lowest BCUT2D eigenvalue weighted by atomic mass is 10.4. The minimum absolute atomic E-state index is 0.0346. The number of nitrogens with two attached hydrogens (primary N) is 1. The van der Waals surface area contributed by atoms with Gasteiger partial charge in [0.05, 0.1) is 4.92 Å².